The number of aromatic nitrogens is 2. The van der Waals surface area contributed by atoms with Crippen LogP contribution in [0.3, 0.4) is 0 Å². The number of amides is 1. The lowest BCUT2D eigenvalue weighted by atomic mass is 10.1. The molecule has 0 atom stereocenters. The minimum absolute atomic E-state index is 0.131. The van der Waals surface area contributed by atoms with E-state index in [1.165, 1.54) is 11.3 Å². The molecule has 0 fully saturated rings. The van der Waals surface area contributed by atoms with E-state index in [-0.39, 0.29) is 5.91 Å². The number of fused-ring (bicyclic) bond motifs is 1. The first-order chi connectivity index (χ1) is 14.5. The third-order valence-electron chi connectivity index (χ3n) is 4.93. The smallest absolute Gasteiger partial charge is 0.263 e. The Morgan fingerprint density at radius 2 is 1.83 bits per heavy atom. The average molecular weight is 422 g/mol. The van der Waals surface area contributed by atoms with E-state index in [1.54, 1.807) is 14.2 Å². The average Bonchev–Trinajstić information content (AvgIpc) is 3.39. The van der Waals surface area contributed by atoms with Crippen LogP contribution in [-0.4, -0.2) is 29.7 Å². The summed E-state index contributed by atoms with van der Waals surface area (Å²) in [6, 6.07) is 11.6. The number of rotatable bonds is 6. The Balaban J connectivity index is 1.68. The van der Waals surface area contributed by atoms with Crippen molar-refractivity contribution in [2.24, 2.45) is 0 Å². The highest BCUT2D eigenvalue weighted by molar-refractivity contribution is 7.21. The number of hydrogen-bond donors (Lipinski definition) is 1. The zero-order chi connectivity index (χ0) is 21.3. The van der Waals surface area contributed by atoms with Gasteiger partial charge in [0.05, 0.1) is 19.9 Å². The summed E-state index contributed by atoms with van der Waals surface area (Å²) in [7, 11) is 3.19. The van der Waals surface area contributed by atoms with E-state index in [4.69, 9.17) is 9.47 Å². The van der Waals surface area contributed by atoms with Crippen LogP contribution >= 0.6 is 11.3 Å². The lowest BCUT2D eigenvalue weighted by Gasteiger charge is -2.11. The number of aryl methyl sites for hydroxylation is 2. The Bertz CT molecular complexity index is 1210. The molecule has 0 saturated heterocycles. The van der Waals surface area contributed by atoms with E-state index in [1.807, 2.05) is 60.3 Å². The summed E-state index contributed by atoms with van der Waals surface area (Å²) in [6.45, 7) is 4.41. The predicted octanol–water partition coefficient (Wildman–Crippen LogP) is 4.65. The maximum Gasteiger partial charge on any atom is 0.263 e. The second kappa shape index (κ2) is 8.20. The topological polar surface area (TPSA) is 65.4 Å². The van der Waals surface area contributed by atoms with Gasteiger partial charge in [0, 0.05) is 30.0 Å². The van der Waals surface area contributed by atoms with Crippen molar-refractivity contribution in [3.8, 4) is 17.2 Å². The van der Waals surface area contributed by atoms with Crippen molar-refractivity contribution in [3.05, 3.63) is 70.5 Å². The normalized spacial score (nSPS) is 10.9. The number of hydrogen-bond acceptors (Lipinski definition) is 5. The van der Waals surface area contributed by atoms with E-state index in [0.29, 0.717) is 22.9 Å². The zero-order valence-corrected chi connectivity index (χ0v) is 18.2. The minimum Gasteiger partial charge on any atom is -0.493 e. The second-order valence-electron chi connectivity index (χ2n) is 7.00. The summed E-state index contributed by atoms with van der Waals surface area (Å²) in [4.78, 5) is 19.4. The maximum atomic E-state index is 13.2. The molecule has 0 aliphatic heterocycles. The highest BCUT2D eigenvalue weighted by Gasteiger charge is 2.22. The fraction of sp³-hybridized carbons (Fsp3) is 0.217. The van der Waals surface area contributed by atoms with Crippen molar-refractivity contribution in [3.63, 3.8) is 0 Å². The third-order valence-corrected chi connectivity index (χ3v) is 6.00. The lowest BCUT2D eigenvalue weighted by molar-refractivity contribution is 0.0955. The molecule has 0 unspecified atom stereocenters. The first kappa shape index (κ1) is 20.0. The SMILES string of the molecule is COc1ccc(CNC(=O)c2sc3nc(C)cc(C)c3c2-n2cccc2)cc1OC. The van der Waals surface area contributed by atoms with Crippen molar-refractivity contribution in [2.75, 3.05) is 14.2 Å². The van der Waals surface area contributed by atoms with Crippen LogP contribution in [0.1, 0.15) is 26.5 Å². The molecular weight excluding hydrogens is 398 g/mol. The predicted molar refractivity (Wildman–Crippen MR) is 119 cm³/mol. The molecule has 4 rings (SSSR count). The number of nitrogens with one attached hydrogen (secondary N) is 1. The van der Waals surface area contributed by atoms with Gasteiger partial charge in [-0.25, -0.2) is 4.98 Å². The van der Waals surface area contributed by atoms with Crippen LogP contribution in [0.15, 0.2) is 48.8 Å². The molecule has 6 nitrogen and oxygen atoms in total. The summed E-state index contributed by atoms with van der Waals surface area (Å²) >= 11 is 1.42. The van der Waals surface area contributed by atoms with Gasteiger partial charge in [-0.3, -0.25) is 4.79 Å². The molecule has 0 aliphatic rings. The lowest BCUT2D eigenvalue weighted by Crippen LogP contribution is -2.23. The van der Waals surface area contributed by atoms with Gasteiger partial charge in [0.2, 0.25) is 0 Å². The van der Waals surface area contributed by atoms with E-state index in [2.05, 4.69) is 17.2 Å². The third kappa shape index (κ3) is 3.64. The molecule has 4 aromatic rings. The Morgan fingerprint density at radius 1 is 1.10 bits per heavy atom. The molecule has 30 heavy (non-hydrogen) atoms. The highest BCUT2D eigenvalue weighted by atomic mass is 32.1. The molecule has 1 amide bonds. The van der Waals surface area contributed by atoms with Crippen molar-refractivity contribution in [2.45, 2.75) is 20.4 Å². The fourth-order valence-corrected chi connectivity index (χ4v) is 4.77. The van der Waals surface area contributed by atoms with Gasteiger partial charge >= 0.3 is 0 Å². The number of carbonyl (C=O) groups is 1. The molecule has 0 radical (unpaired) electrons. The van der Waals surface area contributed by atoms with Crippen LogP contribution in [0.2, 0.25) is 0 Å². The summed E-state index contributed by atoms with van der Waals surface area (Å²) in [6.07, 6.45) is 3.90. The van der Waals surface area contributed by atoms with Gasteiger partial charge in [-0.2, -0.15) is 0 Å². The van der Waals surface area contributed by atoms with E-state index in [0.717, 1.165) is 32.7 Å². The molecule has 0 saturated carbocycles. The van der Waals surface area contributed by atoms with Gasteiger partial charge < -0.3 is 19.4 Å². The van der Waals surface area contributed by atoms with Gasteiger partial charge in [0.1, 0.15) is 9.71 Å². The largest absolute Gasteiger partial charge is 0.493 e. The van der Waals surface area contributed by atoms with Gasteiger partial charge in [-0.1, -0.05) is 6.07 Å². The summed E-state index contributed by atoms with van der Waals surface area (Å²) in [5.74, 6) is 1.16. The number of ether oxygens (including phenoxy) is 2. The number of nitrogens with zero attached hydrogens (tertiary/aromatic N) is 2. The number of benzene rings is 1. The Labute approximate surface area is 179 Å². The van der Waals surface area contributed by atoms with Crippen LogP contribution in [0.4, 0.5) is 0 Å². The molecule has 3 aromatic heterocycles. The first-order valence-corrected chi connectivity index (χ1v) is 10.4. The van der Waals surface area contributed by atoms with E-state index < -0.39 is 0 Å². The number of methoxy groups -OCH3 is 2. The highest BCUT2D eigenvalue weighted by Crippen LogP contribution is 2.36. The summed E-state index contributed by atoms with van der Waals surface area (Å²) in [5, 5.41) is 4.05. The number of pyridine rings is 1. The molecule has 0 aliphatic carbocycles. The second-order valence-corrected chi connectivity index (χ2v) is 8.00. The van der Waals surface area contributed by atoms with Gasteiger partial charge in [-0.05, 0) is 55.3 Å². The Kier molecular flexibility index (Phi) is 5.46. The van der Waals surface area contributed by atoms with Crippen molar-refractivity contribution >= 4 is 27.5 Å². The molecule has 3 heterocycles. The maximum absolute atomic E-state index is 13.2. The molecule has 7 heteroatoms. The van der Waals surface area contributed by atoms with Gasteiger partial charge in [-0.15, -0.1) is 11.3 Å². The number of carbonyl (C=O) groups excluding carboxylic acids is 1. The van der Waals surface area contributed by atoms with Crippen molar-refractivity contribution in [1.82, 2.24) is 14.9 Å². The molecule has 0 spiro atoms. The zero-order valence-electron chi connectivity index (χ0n) is 17.4. The first-order valence-electron chi connectivity index (χ1n) is 9.55. The Morgan fingerprint density at radius 3 is 2.53 bits per heavy atom. The van der Waals surface area contributed by atoms with E-state index >= 15 is 0 Å². The van der Waals surface area contributed by atoms with Crippen molar-refractivity contribution in [1.29, 1.82) is 0 Å². The van der Waals surface area contributed by atoms with Crippen LogP contribution in [0.5, 0.6) is 11.5 Å². The van der Waals surface area contributed by atoms with Gasteiger partial charge in [0.15, 0.2) is 11.5 Å². The quantitative estimate of drug-likeness (QED) is 0.492. The monoisotopic (exact) mass is 421 g/mol. The standard InChI is InChI=1S/C23H23N3O3S/c1-14-11-15(2)25-23-19(14)20(26-9-5-6-10-26)21(30-23)22(27)24-13-16-7-8-17(28-3)18(12-16)29-4/h5-12H,13H2,1-4H3,(H,24,27). The molecule has 1 N–H and O–H groups in total. The fourth-order valence-electron chi connectivity index (χ4n) is 3.56. The summed E-state index contributed by atoms with van der Waals surface area (Å²) in [5.41, 5.74) is 3.85. The van der Waals surface area contributed by atoms with Crippen LogP contribution < -0.4 is 14.8 Å². The molecule has 1 aromatic carbocycles. The molecular formula is C23H23N3O3S. The van der Waals surface area contributed by atoms with Crippen molar-refractivity contribution < 1.29 is 14.3 Å². The molecule has 154 valence electrons. The number of thiophene rings is 1. The summed E-state index contributed by atoms with van der Waals surface area (Å²) < 4.78 is 12.6. The van der Waals surface area contributed by atoms with Crippen LogP contribution in [0.25, 0.3) is 15.9 Å². The minimum atomic E-state index is -0.131. The van der Waals surface area contributed by atoms with Crippen LogP contribution in [0, 0.1) is 13.8 Å². The Hall–Kier alpha value is -3.32. The van der Waals surface area contributed by atoms with Gasteiger partial charge in [0.25, 0.3) is 5.91 Å². The van der Waals surface area contributed by atoms with E-state index in [9.17, 15) is 4.79 Å². The molecule has 0 bridgehead atoms. The van der Waals surface area contributed by atoms with Crippen LogP contribution in [-0.2, 0) is 6.54 Å².